The van der Waals surface area contributed by atoms with E-state index in [-0.39, 0.29) is 26.1 Å². The molecule has 1 atom stereocenters. The lowest BCUT2D eigenvalue weighted by molar-refractivity contribution is -0.166. The Kier molecular flexibility index (Phi) is 3.19. The third kappa shape index (κ3) is 2.37. The van der Waals surface area contributed by atoms with Gasteiger partial charge in [0.15, 0.2) is 0 Å². The minimum Gasteiger partial charge on any atom is -0.466 e. The van der Waals surface area contributed by atoms with Crippen LogP contribution in [0.1, 0.15) is 13.3 Å². The van der Waals surface area contributed by atoms with Crippen LogP contribution in [-0.4, -0.2) is 31.6 Å². The van der Waals surface area contributed by atoms with E-state index in [0.29, 0.717) is 0 Å². The number of ether oxygens (including phenoxy) is 1. The summed E-state index contributed by atoms with van der Waals surface area (Å²) in [6.07, 6.45) is -0.295. The van der Waals surface area contributed by atoms with E-state index in [1.54, 1.807) is 6.92 Å². The zero-order valence-electron chi connectivity index (χ0n) is 7.48. The Morgan fingerprint density at radius 3 is 2.92 bits per heavy atom. The molecular weight excluding hydrogens is 180 g/mol. The van der Waals surface area contributed by atoms with Gasteiger partial charge in [-0.1, -0.05) is 0 Å². The zero-order chi connectivity index (χ0) is 9.90. The van der Waals surface area contributed by atoms with Gasteiger partial charge in [-0.25, -0.2) is 8.78 Å². The maximum Gasteiger partial charge on any atom is 0.316 e. The fraction of sp³-hybridized carbons (Fsp3) is 0.875. The number of hydrogen-bond acceptors (Lipinski definition) is 3. The predicted molar refractivity (Wildman–Crippen MR) is 42.6 cm³/mol. The highest BCUT2D eigenvalue weighted by molar-refractivity contribution is 5.74. The van der Waals surface area contributed by atoms with E-state index in [0.717, 1.165) is 0 Å². The van der Waals surface area contributed by atoms with Gasteiger partial charge >= 0.3 is 5.97 Å². The quantitative estimate of drug-likeness (QED) is 0.659. The minimum absolute atomic E-state index is 0.00579. The molecule has 0 aromatic rings. The molecule has 76 valence electrons. The van der Waals surface area contributed by atoms with Gasteiger partial charge in [-0.2, -0.15) is 0 Å². The molecular formula is C8H13F2NO2. The van der Waals surface area contributed by atoms with Crippen LogP contribution in [0.25, 0.3) is 0 Å². The number of carbonyl (C=O) groups is 1. The van der Waals surface area contributed by atoms with E-state index >= 15 is 0 Å². The van der Waals surface area contributed by atoms with Crippen LogP contribution in [-0.2, 0) is 9.53 Å². The van der Waals surface area contributed by atoms with Gasteiger partial charge in [-0.15, -0.1) is 0 Å². The van der Waals surface area contributed by atoms with Gasteiger partial charge < -0.3 is 10.1 Å². The van der Waals surface area contributed by atoms with E-state index in [9.17, 15) is 13.6 Å². The normalized spacial score (nSPS) is 26.8. The van der Waals surface area contributed by atoms with Crippen LogP contribution >= 0.6 is 0 Å². The fourth-order valence-corrected chi connectivity index (χ4v) is 1.32. The Bertz CT molecular complexity index is 197. The van der Waals surface area contributed by atoms with Crippen LogP contribution in [0.2, 0.25) is 0 Å². The molecule has 0 aromatic heterocycles. The molecule has 13 heavy (non-hydrogen) atoms. The third-order valence-corrected chi connectivity index (χ3v) is 2.06. The molecule has 0 saturated carbocycles. The maximum atomic E-state index is 13.1. The third-order valence-electron chi connectivity index (χ3n) is 2.06. The molecule has 1 unspecified atom stereocenters. The van der Waals surface area contributed by atoms with Crippen molar-refractivity contribution >= 4 is 5.97 Å². The maximum absolute atomic E-state index is 13.1. The second kappa shape index (κ2) is 4.00. The predicted octanol–water partition coefficient (Wildman–Crippen LogP) is 0.794. The summed E-state index contributed by atoms with van der Waals surface area (Å²) in [5, 5.41) is 2.75. The van der Waals surface area contributed by atoms with Crippen molar-refractivity contribution in [3.8, 4) is 0 Å². The van der Waals surface area contributed by atoms with Crippen molar-refractivity contribution < 1.29 is 18.3 Å². The standard InChI is InChI=1S/C8H13F2NO2/c1-2-13-7(12)6-5-11-4-3-8(6,9)10/h6,11H,2-5H2,1H3. The molecule has 0 aliphatic carbocycles. The van der Waals surface area contributed by atoms with Crippen LogP contribution in [0.4, 0.5) is 8.78 Å². The van der Waals surface area contributed by atoms with E-state index in [1.807, 2.05) is 0 Å². The van der Waals surface area contributed by atoms with Gasteiger partial charge in [0.1, 0.15) is 5.92 Å². The van der Waals surface area contributed by atoms with Crippen LogP contribution in [0.15, 0.2) is 0 Å². The minimum atomic E-state index is -2.92. The highest BCUT2D eigenvalue weighted by Crippen LogP contribution is 2.31. The fourth-order valence-electron chi connectivity index (χ4n) is 1.32. The molecule has 0 aromatic carbocycles. The molecule has 0 radical (unpaired) electrons. The molecule has 0 spiro atoms. The van der Waals surface area contributed by atoms with Gasteiger partial charge in [-0.3, -0.25) is 4.79 Å². The van der Waals surface area contributed by atoms with Crippen molar-refractivity contribution in [2.24, 2.45) is 5.92 Å². The second-order valence-electron chi connectivity index (χ2n) is 3.02. The van der Waals surface area contributed by atoms with Gasteiger partial charge in [0.05, 0.1) is 6.61 Å². The van der Waals surface area contributed by atoms with Gasteiger partial charge in [0, 0.05) is 19.5 Å². The van der Waals surface area contributed by atoms with Gasteiger partial charge in [0.25, 0.3) is 5.92 Å². The lowest BCUT2D eigenvalue weighted by Gasteiger charge is -2.29. The number of nitrogens with one attached hydrogen (secondary N) is 1. The van der Waals surface area contributed by atoms with Crippen LogP contribution in [0, 0.1) is 5.92 Å². The van der Waals surface area contributed by atoms with Crippen molar-refractivity contribution in [1.82, 2.24) is 5.32 Å². The lowest BCUT2D eigenvalue weighted by Crippen LogP contribution is -2.48. The molecule has 1 fully saturated rings. The van der Waals surface area contributed by atoms with Crippen LogP contribution in [0.3, 0.4) is 0 Å². The number of halogens is 2. The summed E-state index contributed by atoms with van der Waals surface area (Å²) in [4.78, 5) is 11.1. The van der Waals surface area contributed by atoms with Crippen molar-refractivity contribution in [2.45, 2.75) is 19.3 Å². The zero-order valence-corrected chi connectivity index (χ0v) is 7.48. The number of alkyl halides is 2. The summed E-state index contributed by atoms with van der Waals surface area (Å²) < 4.78 is 30.8. The largest absolute Gasteiger partial charge is 0.466 e. The van der Waals surface area contributed by atoms with Crippen molar-refractivity contribution in [3.05, 3.63) is 0 Å². The Morgan fingerprint density at radius 1 is 1.69 bits per heavy atom. The second-order valence-corrected chi connectivity index (χ2v) is 3.02. The average molecular weight is 193 g/mol. The number of hydrogen-bond donors (Lipinski definition) is 1. The topological polar surface area (TPSA) is 38.3 Å². The smallest absolute Gasteiger partial charge is 0.316 e. The monoisotopic (exact) mass is 193 g/mol. The molecule has 0 amide bonds. The first kappa shape index (κ1) is 10.4. The first-order valence-corrected chi connectivity index (χ1v) is 4.33. The number of rotatable bonds is 2. The van der Waals surface area contributed by atoms with Gasteiger partial charge in [-0.05, 0) is 6.92 Å². The van der Waals surface area contributed by atoms with E-state index in [4.69, 9.17) is 0 Å². The van der Waals surface area contributed by atoms with Crippen LogP contribution < -0.4 is 5.32 Å². The summed E-state index contributed by atoms with van der Waals surface area (Å²) in [5.41, 5.74) is 0. The van der Waals surface area contributed by atoms with Gasteiger partial charge in [0.2, 0.25) is 0 Å². The van der Waals surface area contributed by atoms with Crippen molar-refractivity contribution in [2.75, 3.05) is 19.7 Å². The molecule has 1 saturated heterocycles. The molecule has 3 nitrogen and oxygen atoms in total. The van der Waals surface area contributed by atoms with Crippen molar-refractivity contribution in [3.63, 3.8) is 0 Å². The average Bonchev–Trinajstić information content (AvgIpc) is 2.03. The Labute approximate surface area is 75.4 Å². The summed E-state index contributed by atoms with van der Waals surface area (Å²) >= 11 is 0. The highest BCUT2D eigenvalue weighted by Gasteiger charge is 2.46. The molecule has 1 rings (SSSR count). The summed E-state index contributed by atoms with van der Waals surface area (Å²) in [6.45, 7) is 2.01. The van der Waals surface area contributed by atoms with E-state index in [1.165, 1.54) is 0 Å². The summed E-state index contributed by atoms with van der Waals surface area (Å²) in [5.74, 6) is -5.04. The Morgan fingerprint density at radius 2 is 2.38 bits per heavy atom. The van der Waals surface area contributed by atoms with E-state index < -0.39 is 17.8 Å². The van der Waals surface area contributed by atoms with E-state index in [2.05, 4.69) is 10.1 Å². The molecule has 5 heteroatoms. The lowest BCUT2D eigenvalue weighted by atomic mass is 9.95. The first-order chi connectivity index (χ1) is 6.08. The Hall–Kier alpha value is -0.710. The number of carbonyl (C=O) groups excluding carboxylic acids is 1. The SMILES string of the molecule is CCOC(=O)C1CNCCC1(F)F. The molecule has 1 heterocycles. The summed E-state index contributed by atoms with van der Waals surface area (Å²) in [6, 6.07) is 0. The summed E-state index contributed by atoms with van der Waals surface area (Å²) in [7, 11) is 0. The van der Waals surface area contributed by atoms with Crippen molar-refractivity contribution in [1.29, 1.82) is 0 Å². The number of piperidine rings is 1. The highest BCUT2D eigenvalue weighted by atomic mass is 19.3. The number of esters is 1. The molecule has 0 bridgehead atoms. The molecule has 1 N–H and O–H groups in total. The Balaban J connectivity index is 2.59. The van der Waals surface area contributed by atoms with Crippen LogP contribution in [0.5, 0.6) is 0 Å². The molecule has 1 aliphatic rings. The first-order valence-electron chi connectivity index (χ1n) is 4.33. The molecule has 1 aliphatic heterocycles.